The van der Waals surface area contributed by atoms with Gasteiger partial charge in [0.1, 0.15) is 10.6 Å². The van der Waals surface area contributed by atoms with Crippen LogP contribution in [0.3, 0.4) is 0 Å². The molecule has 0 heterocycles. The standard InChI is InChI=1S/C17H13BrO3S/c1-12-10-16(8-9-17(12)18)22(19,20)21-15-7-6-13-4-2-3-5-14(13)11-15/h2-11H,1H3. The van der Waals surface area contributed by atoms with Gasteiger partial charge in [-0.1, -0.05) is 46.3 Å². The largest absolute Gasteiger partial charge is 0.379 e. The fourth-order valence-electron chi connectivity index (χ4n) is 2.17. The second-order valence-electron chi connectivity index (χ2n) is 4.96. The molecule has 0 atom stereocenters. The fourth-order valence-corrected chi connectivity index (χ4v) is 3.42. The predicted molar refractivity (Wildman–Crippen MR) is 90.6 cm³/mol. The maximum absolute atomic E-state index is 12.4. The topological polar surface area (TPSA) is 43.4 Å². The highest BCUT2D eigenvalue weighted by molar-refractivity contribution is 9.10. The predicted octanol–water partition coefficient (Wildman–Crippen LogP) is 4.68. The molecule has 0 fully saturated rings. The molecule has 0 saturated carbocycles. The third kappa shape index (κ3) is 3.00. The van der Waals surface area contributed by atoms with E-state index in [9.17, 15) is 8.42 Å². The molecule has 0 N–H and O–H groups in total. The summed E-state index contributed by atoms with van der Waals surface area (Å²) >= 11 is 3.35. The lowest BCUT2D eigenvalue weighted by Crippen LogP contribution is -2.10. The van der Waals surface area contributed by atoms with Gasteiger partial charge in [0.2, 0.25) is 0 Å². The van der Waals surface area contributed by atoms with Crippen LogP contribution in [0.4, 0.5) is 0 Å². The molecular weight excluding hydrogens is 364 g/mol. The van der Waals surface area contributed by atoms with Gasteiger partial charge in [0.05, 0.1) is 0 Å². The molecule has 0 radical (unpaired) electrons. The highest BCUT2D eigenvalue weighted by Gasteiger charge is 2.17. The number of rotatable bonds is 3. The first-order valence-electron chi connectivity index (χ1n) is 6.65. The summed E-state index contributed by atoms with van der Waals surface area (Å²) in [5.74, 6) is 0.305. The first-order chi connectivity index (χ1) is 10.5. The van der Waals surface area contributed by atoms with E-state index in [-0.39, 0.29) is 4.90 Å². The van der Waals surface area contributed by atoms with Crippen LogP contribution in [0.2, 0.25) is 0 Å². The molecule has 3 rings (SSSR count). The summed E-state index contributed by atoms with van der Waals surface area (Å²) in [6.45, 7) is 1.83. The molecule has 0 saturated heterocycles. The Balaban J connectivity index is 1.97. The third-order valence-electron chi connectivity index (χ3n) is 3.34. The van der Waals surface area contributed by atoms with E-state index in [2.05, 4.69) is 15.9 Å². The highest BCUT2D eigenvalue weighted by atomic mass is 79.9. The lowest BCUT2D eigenvalue weighted by molar-refractivity contribution is 0.486. The van der Waals surface area contributed by atoms with Crippen LogP contribution in [0.15, 0.2) is 70.0 Å². The van der Waals surface area contributed by atoms with Gasteiger partial charge < -0.3 is 4.18 Å². The molecule has 0 aromatic heterocycles. The van der Waals surface area contributed by atoms with Crippen molar-refractivity contribution in [3.8, 4) is 5.75 Å². The molecule has 0 aliphatic carbocycles. The van der Waals surface area contributed by atoms with Crippen molar-refractivity contribution in [1.82, 2.24) is 0 Å². The van der Waals surface area contributed by atoms with E-state index in [1.165, 1.54) is 6.07 Å². The van der Waals surface area contributed by atoms with Crippen molar-refractivity contribution in [2.75, 3.05) is 0 Å². The van der Waals surface area contributed by atoms with Gasteiger partial charge in [-0.2, -0.15) is 8.42 Å². The minimum absolute atomic E-state index is 0.140. The Hall–Kier alpha value is -1.85. The van der Waals surface area contributed by atoms with Gasteiger partial charge in [0, 0.05) is 4.47 Å². The summed E-state index contributed by atoms with van der Waals surface area (Å²) in [7, 11) is -3.84. The van der Waals surface area contributed by atoms with Crippen LogP contribution < -0.4 is 4.18 Å². The van der Waals surface area contributed by atoms with Gasteiger partial charge in [-0.05, 0) is 53.6 Å². The van der Waals surface area contributed by atoms with Crippen LogP contribution in [0, 0.1) is 6.92 Å². The van der Waals surface area contributed by atoms with Crippen LogP contribution >= 0.6 is 15.9 Å². The van der Waals surface area contributed by atoms with Crippen molar-refractivity contribution in [3.63, 3.8) is 0 Å². The minimum atomic E-state index is -3.84. The number of benzene rings is 3. The van der Waals surface area contributed by atoms with Crippen LogP contribution in [-0.2, 0) is 10.1 Å². The molecule has 0 bridgehead atoms. The molecule has 112 valence electrons. The average Bonchev–Trinajstić information content (AvgIpc) is 2.49. The molecule has 3 nitrogen and oxygen atoms in total. The molecule has 22 heavy (non-hydrogen) atoms. The second kappa shape index (κ2) is 5.74. The molecule has 3 aromatic rings. The third-order valence-corrected chi connectivity index (χ3v) is 5.48. The number of fused-ring (bicyclic) bond motifs is 1. The zero-order chi connectivity index (χ0) is 15.7. The zero-order valence-corrected chi connectivity index (χ0v) is 14.2. The van der Waals surface area contributed by atoms with Gasteiger partial charge in [-0.15, -0.1) is 0 Å². The molecule has 0 unspecified atom stereocenters. The van der Waals surface area contributed by atoms with E-state index in [4.69, 9.17) is 4.18 Å². The summed E-state index contributed by atoms with van der Waals surface area (Å²) in [6, 6.07) is 17.7. The van der Waals surface area contributed by atoms with Gasteiger partial charge >= 0.3 is 10.1 Å². The van der Waals surface area contributed by atoms with Gasteiger partial charge in [0.25, 0.3) is 0 Å². The van der Waals surface area contributed by atoms with Crippen molar-refractivity contribution in [2.24, 2.45) is 0 Å². The number of aryl methyl sites for hydroxylation is 1. The summed E-state index contributed by atoms with van der Waals surface area (Å²) in [5.41, 5.74) is 0.836. The second-order valence-corrected chi connectivity index (χ2v) is 7.36. The van der Waals surface area contributed by atoms with E-state index in [0.717, 1.165) is 20.8 Å². The Morgan fingerprint density at radius 2 is 1.64 bits per heavy atom. The Bertz CT molecular complexity index is 949. The van der Waals surface area contributed by atoms with E-state index in [1.807, 2.05) is 37.3 Å². The minimum Gasteiger partial charge on any atom is -0.379 e. The van der Waals surface area contributed by atoms with Crippen LogP contribution in [0.25, 0.3) is 10.8 Å². The Morgan fingerprint density at radius 3 is 2.36 bits per heavy atom. The van der Waals surface area contributed by atoms with Crippen molar-refractivity contribution >= 4 is 36.8 Å². The molecule has 0 aliphatic heterocycles. The molecule has 3 aromatic carbocycles. The molecule has 5 heteroatoms. The molecule has 0 amide bonds. The average molecular weight is 377 g/mol. The van der Waals surface area contributed by atoms with Crippen LogP contribution in [0.1, 0.15) is 5.56 Å². The lowest BCUT2D eigenvalue weighted by Gasteiger charge is -2.09. The number of hydrogen-bond donors (Lipinski definition) is 0. The highest BCUT2D eigenvalue weighted by Crippen LogP contribution is 2.25. The van der Waals surface area contributed by atoms with Crippen molar-refractivity contribution in [1.29, 1.82) is 0 Å². The lowest BCUT2D eigenvalue weighted by atomic mass is 10.1. The Kier molecular flexibility index (Phi) is 3.93. The zero-order valence-electron chi connectivity index (χ0n) is 11.8. The maximum atomic E-state index is 12.4. The SMILES string of the molecule is Cc1cc(S(=O)(=O)Oc2ccc3ccccc3c2)ccc1Br. The summed E-state index contributed by atoms with van der Waals surface area (Å²) in [6.07, 6.45) is 0. The van der Waals surface area contributed by atoms with E-state index >= 15 is 0 Å². The van der Waals surface area contributed by atoms with E-state index < -0.39 is 10.1 Å². The Morgan fingerprint density at radius 1 is 0.909 bits per heavy atom. The van der Waals surface area contributed by atoms with Gasteiger partial charge in [-0.25, -0.2) is 0 Å². The van der Waals surface area contributed by atoms with Crippen molar-refractivity contribution in [2.45, 2.75) is 11.8 Å². The first kappa shape index (κ1) is 15.1. The number of halogens is 1. The fraction of sp³-hybridized carbons (Fsp3) is 0.0588. The Labute approximate surface area is 137 Å². The van der Waals surface area contributed by atoms with Gasteiger partial charge in [-0.3, -0.25) is 0 Å². The normalized spacial score (nSPS) is 11.5. The smallest absolute Gasteiger partial charge is 0.339 e. The number of hydrogen-bond acceptors (Lipinski definition) is 3. The van der Waals surface area contributed by atoms with Crippen LogP contribution in [0.5, 0.6) is 5.75 Å². The first-order valence-corrected chi connectivity index (χ1v) is 8.85. The van der Waals surface area contributed by atoms with Crippen LogP contribution in [-0.4, -0.2) is 8.42 Å². The summed E-state index contributed by atoms with van der Waals surface area (Å²) in [4.78, 5) is 0.140. The summed E-state index contributed by atoms with van der Waals surface area (Å²) in [5, 5.41) is 1.97. The van der Waals surface area contributed by atoms with Gasteiger partial charge in [0.15, 0.2) is 0 Å². The van der Waals surface area contributed by atoms with Crippen molar-refractivity contribution < 1.29 is 12.6 Å². The summed E-state index contributed by atoms with van der Waals surface area (Å²) < 4.78 is 30.8. The van der Waals surface area contributed by atoms with Crippen molar-refractivity contribution in [3.05, 3.63) is 70.7 Å². The molecule has 0 spiro atoms. The van der Waals surface area contributed by atoms with E-state index in [0.29, 0.717) is 5.75 Å². The maximum Gasteiger partial charge on any atom is 0.339 e. The quantitative estimate of drug-likeness (QED) is 0.623. The molecular formula is C17H13BrO3S. The molecule has 0 aliphatic rings. The van der Waals surface area contributed by atoms with E-state index in [1.54, 1.807) is 24.3 Å². The monoisotopic (exact) mass is 376 g/mol.